The molecule has 1 saturated heterocycles. The maximum Gasteiger partial charge on any atom is 0.331 e. The highest BCUT2D eigenvalue weighted by molar-refractivity contribution is 5.88. The van der Waals surface area contributed by atoms with Crippen LogP contribution in [0.1, 0.15) is 42.7 Å². The molecule has 1 aliphatic rings. The molecule has 1 aliphatic heterocycles. The Balaban J connectivity index is 1.58. The maximum atomic E-state index is 12.8. The SMILES string of the molecule is COC(=O)C1(NC(=O)CCc2ccccc2)CCN(CCC(C(=O)N(C)C)c2ccccc2)CC1. The zero-order valence-electron chi connectivity index (χ0n) is 21.0. The second kappa shape index (κ2) is 12.5. The van der Waals surface area contributed by atoms with Crippen LogP contribution in [0.2, 0.25) is 0 Å². The van der Waals surface area contributed by atoms with Gasteiger partial charge in [0.25, 0.3) is 0 Å². The van der Waals surface area contributed by atoms with E-state index in [0.717, 1.165) is 17.7 Å². The van der Waals surface area contributed by atoms with Crippen LogP contribution in [0, 0.1) is 0 Å². The Bertz CT molecular complexity index is 970. The molecule has 2 aromatic carbocycles. The number of likely N-dealkylation sites (N-methyl/N-ethyl adjacent to an activating group) is 1. The number of rotatable bonds is 10. The summed E-state index contributed by atoms with van der Waals surface area (Å²) in [5.41, 5.74) is 1.10. The number of hydrogen-bond acceptors (Lipinski definition) is 5. The average molecular weight is 480 g/mol. The van der Waals surface area contributed by atoms with Crippen LogP contribution in [0.5, 0.6) is 0 Å². The molecule has 0 aliphatic carbocycles. The second-order valence-electron chi connectivity index (χ2n) is 9.43. The minimum atomic E-state index is -1.00. The van der Waals surface area contributed by atoms with Crippen molar-refractivity contribution >= 4 is 17.8 Å². The quantitative estimate of drug-likeness (QED) is 0.530. The lowest BCUT2D eigenvalue weighted by Gasteiger charge is -2.40. The number of aryl methyl sites for hydroxylation is 1. The van der Waals surface area contributed by atoms with Gasteiger partial charge in [-0.3, -0.25) is 9.59 Å². The van der Waals surface area contributed by atoms with Crippen molar-refractivity contribution in [3.63, 3.8) is 0 Å². The number of hydrogen-bond donors (Lipinski definition) is 1. The van der Waals surface area contributed by atoms with Crippen LogP contribution in [-0.4, -0.2) is 74.0 Å². The largest absolute Gasteiger partial charge is 0.467 e. The molecule has 0 saturated carbocycles. The first-order valence-electron chi connectivity index (χ1n) is 12.3. The predicted octanol–water partition coefficient (Wildman–Crippen LogP) is 3.01. The van der Waals surface area contributed by atoms with Crippen molar-refractivity contribution in [2.45, 2.75) is 43.6 Å². The summed E-state index contributed by atoms with van der Waals surface area (Å²) in [6.45, 7) is 2.02. The van der Waals surface area contributed by atoms with E-state index in [9.17, 15) is 14.4 Å². The maximum absolute atomic E-state index is 12.8. The molecule has 3 rings (SSSR count). The fourth-order valence-electron chi connectivity index (χ4n) is 4.71. The Labute approximate surface area is 208 Å². The Hall–Kier alpha value is -3.19. The summed E-state index contributed by atoms with van der Waals surface area (Å²) in [5, 5.41) is 3.00. The molecule has 0 aromatic heterocycles. The molecule has 1 N–H and O–H groups in total. The number of piperidine rings is 1. The monoisotopic (exact) mass is 479 g/mol. The molecule has 2 amide bonds. The van der Waals surface area contributed by atoms with Crippen LogP contribution >= 0.6 is 0 Å². The van der Waals surface area contributed by atoms with E-state index < -0.39 is 11.5 Å². The lowest BCUT2D eigenvalue weighted by atomic mass is 9.86. The summed E-state index contributed by atoms with van der Waals surface area (Å²) in [6.07, 6.45) is 2.59. The van der Waals surface area contributed by atoms with Gasteiger partial charge in [0.05, 0.1) is 13.0 Å². The highest BCUT2D eigenvalue weighted by atomic mass is 16.5. The number of methoxy groups -OCH3 is 1. The van der Waals surface area contributed by atoms with Crippen LogP contribution < -0.4 is 5.32 Å². The fraction of sp³-hybridized carbons (Fsp3) is 0.464. The summed E-state index contributed by atoms with van der Waals surface area (Å²) in [5.74, 6) is -0.664. The smallest absolute Gasteiger partial charge is 0.331 e. The highest BCUT2D eigenvalue weighted by Gasteiger charge is 2.43. The van der Waals surface area contributed by atoms with Gasteiger partial charge < -0.3 is 19.9 Å². The van der Waals surface area contributed by atoms with Crippen molar-refractivity contribution < 1.29 is 19.1 Å². The predicted molar refractivity (Wildman–Crippen MR) is 136 cm³/mol. The molecule has 1 atom stereocenters. The van der Waals surface area contributed by atoms with Crippen molar-refractivity contribution in [2.75, 3.05) is 40.8 Å². The summed E-state index contributed by atoms with van der Waals surface area (Å²) < 4.78 is 5.08. The van der Waals surface area contributed by atoms with E-state index in [2.05, 4.69) is 10.2 Å². The molecule has 2 aromatic rings. The van der Waals surface area contributed by atoms with E-state index in [1.807, 2.05) is 60.7 Å². The topological polar surface area (TPSA) is 79.0 Å². The van der Waals surface area contributed by atoms with Crippen LogP contribution in [0.15, 0.2) is 60.7 Å². The molecule has 7 heteroatoms. The molecule has 0 spiro atoms. The van der Waals surface area contributed by atoms with Crippen molar-refractivity contribution in [1.29, 1.82) is 0 Å². The number of benzene rings is 2. The summed E-state index contributed by atoms with van der Waals surface area (Å²) in [7, 11) is 4.93. The molecular weight excluding hydrogens is 442 g/mol. The molecule has 0 radical (unpaired) electrons. The minimum absolute atomic E-state index is 0.0859. The van der Waals surface area contributed by atoms with Gasteiger partial charge in [-0.2, -0.15) is 0 Å². The van der Waals surface area contributed by atoms with Crippen LogP contribution in [0.3, 0.4) is 0 Å². The zero-order valence-corrected chi connectivity index (χ0v) is 21.0. The number of carbonyl (C=O) groups excluding carboxylic acids is 3. The highest BCUT2D eigenvalue weighted by Crippen LogP contribution is 2.27. The van der Waals surface area contributed by atoms with E-state index in [-0.39, 0.29) is 17.7 Å². The van der Waals surface area contributed by atoms with Gasteiger partial charge in [-0.25, -0.2) is 4.79 Å². The van der Waals surface area contributed by atoms with Crippen molar-refractivity contribution in [1.82, 2.24) is 15.1 Å². The molecule has 1 heterocycles. The Morgan fingerprint density at radius 2 is 1.60 bits per heavy atom. The third kappa shape index (κ3) is 7.15. The van der Waals surface area contributed by atoms with Gasteiger partial charge in [-0.05, 0) is 43.4 Å². The molecule has 0 bridgehead atoms. The van der Waals surface area contributed by atoms with Crippen LogP contribution in [-0.2, 0) is 25.5 Å². The summed E-state index contributed by atoms with van der Waals surface area (Å²) >= 11 is 0. The summed E-state index contributed by atoms with van der Waals surface area (Å²) in [6, 6.07) is 19.7. The van der Waals surface area contributed by atoms with E-state index in [0.29, 0.717) is 45.2 Å². The first-order chi connectivity index (χ1) is 16.8. The number of ether oxygens (including phenoxy) is 1. The van der Waals surface area contributed by atoms with Crippen molar-refractivity contribution in [3.05, 3.63) is 71.8 Å². The molecule has 7 nitrogen and oxygen atoms in total. The minimum Gasteiger partial charge on any atom is -0.467 e. The Morgan fingerprint density at radius 3 is 2.17 bits per heavy atom. The third-order valence-electron chi connectivity index (χ3n) is 6.82. The molecule has 188 valence electrons. The fourth-order valence-corrected chi connectivity index (χ4v) is 4.71. The average Bonchev–Trinajstić information content (AvgIpc) is 2.89. The number of esters is 1. The third-order valence-corrected chi connectivity index (χ3v) is 6.82. The Kier molecular flexibility index (Phi) is 9.43. The van der Waals surface area contributed by atoms with Gasteiger partial charge in [-0.1, -0.05) is 60.7 Å². The van der Waals surface area contributed by atoms with Gasteiger partial charge in [0, 0.05) is 33.6 Å². The van der Waals surface area contributed by atoms with Gasteiger partial charge >= 0.3 is 5.97 Å². The molecular formula is C28H37N3O4. The lowest BCUT2D eigenvalue weighted by molar-refractivity contribution is -0.153. The number of nitrogens with one attached hydrogen (secondary N) is 1. The standard InChI is InChI=1S/C28H37N3O4/c1-30(2)26(33)24(23-12-8-5-9-13-23)16-19-31-20-17-28(18-21-31,27(34)35-3)29-25(32)15-14-22-10-6-4-7-11-22/h4-13,24H,14-21H2,1-3H3,(H,29,32). The molecule has 35 heavy (non-hydrogen) atoms. The number of nitrogens with zero attached hydrogens (tertiary/aromatic N) is 2. The lowest BCUT2D eigenvalue weighted by Crippen LogP contribution is -2.60. The van der Waals surface area contributed by atoms with Gasteiger partial charge in [0.15, 0.2) is 0 Å². The van der Waals surface area contributed by atoms with Gasteiger partial charge in [0.1, 0.15) is 5.54 Å². The van der Waals surface area contributed by atoms with Gasteiger partial charge in [-0.15, -0.1) is 0 Å². The number of amides is 2. The van der Waals surface area contributed by atoms with Crippen molar-refractivity contribution in [2.24, 2.45) is 0 Å². The van der Waals surface area contributed by atoms with E-state index in [1.54, 1.807) is 19.0 Å². The first-order valence-corrected chi connectivity index (χ1v) is 12.3. The van der Waals surface area contributed by atoms with E-state index in [4.69, 9.17) is 4.74 Å². The zero-order chi connectivity index (χ0) is 25.3. The van der Waals surface area contributed by atoms with Gasteiger partial charge in [0.2, 0.25) is 11.8 Å². The first kappa shape index (κ1) is 26.4. The Morgan fingerprint density at radius 1 is 1.00 bits per heavy atom. The molecule has 1 unspecified atom stereocenters. The second-order valence-corrected chi connectivity index (χ2v) is 9.43. The van der Waals surface area contributed by atoms with E-state index >= 15 is 0 Å². The summed E-state index contributed by atoms with van der Waals surface area (Å²) in [4.78, 5) is 42.2. The van der Waals surface area contributed by atoms with Crippen LogP contribution in [0.25, 0.3) is 0 Å². The number of carbonyl (C=O) groups is 3. The van der Waals surface area contributed by atoms with Crippen LogP contribution in [0.4, 0.5) is 0 Å². The molecule has 1 fully saturated rings. The van der Waals surface area contributed by atoms with E-state index in [1.165, 1.54) is 7.11 Å². The van der Waals surface area contributed by atoms with Crippen molar-refractivity contribution in [3.8, 4) is 0 Å². The normalized spacial score (nSPS) is 16.2. The number of likely N-dealkylation sites (tertiary alicyclic amines) is 1.